The van der Waals surface area contributed by atoms with E-state index in [-0.39, 0.29) is 6.42 Å². The molecule has 0 atom stereocenters. The topological polar surface area (TPSA) is 0 Å². The number of unbranched alkanes of at least 4 members (excludes halogenated alkanes) is 4. The largest absolute Gasteiger partial charge is 0.310 e. The Kier molecular flexibility index (Phi) is 6.88. The van der Waals surface area contributed by atoms with E-state index < -0.39 is 6.43 Å². The van der Waals surface area contributed by atoms with Crippen molar-refractivity contribution < 1.29 is 8.78 Å². The van der Waals surface area contributed by atoms with Crippen LogP contribution in [0.1, 0.15) is 45.4 Å². The summed E-state index contributed by atoms with van der Waals surface area (Å²) in [4.78, 5) is 0. The van der Waals surface area contributed by atoms with Crippen LogP contribution >= 0.6 is 0 Å². The Hall–Kier alpha value is -0.140. The molecule has 0 unspecified atom stereocenters. The van der Waals surface area contributed by atoms with Crippen molar-refractivity contribution in [2.24, 2.45) is 0 Å². The van der Waals surface area contributed by atoms with Gasteiger partial charge in [0.25, 0.3) is 0 Å². The van der Waals surface area contributed by atoms with Crippen LogP contribution in [0.5, 0.6) is 0 Å². The van der Waals surface area contributed by atoms with Gasteiger partial charge in [-0.05, 0) is 6.42 Å². The normalized spacial score (nSPS) is 10.8. The monoisotopic (exact) mass is 149 g/mol. The lowest BCUT2D eigenvalue weighted by Crippen LogP contribution is -1.81. The lowest BCUT2D eigenvalue weighted by Gasteiger charge is -1.97. The summed E-state index contributed by atoms with van der Waals surface area (Å²) < 4.78 is 22.9. The number of hydrogen-bond donors (Lipinski definition) is 0. The van der Waals surface area contributed by atoms with Crippen LogP contribution in [0.4, 0.5) is 8.78 Å². The quantitative estimate of drug-likeness (QED) is 0.504. The van der Waals surface area contributed by atoms with E-state index >= 15 is 0 Å². The molecule has 0 spiro atoms. The predicted molar refractivity (Wildman–Crippen MR) is 38.8 cm³/mol. The molecule has 0 fully saturated rings. The summed E-state index contributed by atoms with van der Waals surface area (Å²) in [5.41, 5.74) is 0. The Morgan fingerprint density at radius 1 is 1.00 bits per heavy atom. The molecule has 0 heterocycles. The number of halogens is 2. The maximum absolute atomic E-state index is 11.5. The zero-order valence-electron chi connectivity index (χ0n) is 6.50. The highest BCUT2D eigenvalue weighted by Gasteiger charge is 2.02. The maximum atomic E-state index is 11.5. The van der Waals surface area contributed by atoms with E-state index in [1.807, 2.05) is 0 Å². The average molecular weight is 149 g/mol. The van der Waals surface area contributed by atoms with Gasteiger partial charge in [0.1, 0.15) is 0 Å². The summed E-state index contributed by atoms with van der Waals surface area (Å²) >= 11 is 0. The third-order valence-electron chi connectivity index (χ3n) is 1.47. The first kappa shape index (κ1) is 9.86. The van der Waals surface area contributed by atoms with Crippen LogP contribution in [-0.4, -0.2) is 0 Å². The minimum absolute atomic E-state index is 0.00368. The van der Waals surface area contributed by atoms with E-state index in [2.05, 4.69) is 6.92 Å². The molecule has 1 radical (unpaired) electrons. The van der Waals surface area contributed by atoms with Crippen molar-refractivity contribution in [1.29, 1.82) is 0 Å². The zero-order valence-corrected chi connectivity index (χ0v) is 6.50. The summed E-state index contributed by atoms with van der Waals surface area (Å²) in [5.74, 6) is 0. The van der Waals surface area contributed by atoms with Crippen molar-refractivity contribution in [1.82, 2.24) is 0 Å². The van der Waals surface area contributed by atoms with Gasteiger partial charge in [-0.15, -0.1) is 0 Å². The molecular formula is C8H15F2. The summed E-state index contributed by atoms with van der Waals surface area (Å²) in [7, 11) is 0. The predicted octanol–water partition coefficient (Wildman–Crippen LogP) is 3.78. The Bertz CT molecular complexity index is 62.3. The minimum atomic E-state index is -1.42. The minimum Gasteiger partial charge on any atom is -0.200 e. The van der Waals surface area contributed by atoms with E-state index in [0.29, 0.717) is 6.42 Å². The molecule has 0 bridgehead atoms. The molecule has 0 rings (SSSR count). The van der Waals surface area contributed by atoms with Gasteiger partial charge >= 0.3 is 6.43 Å². The van der Waals surface area contributed by atoms with Crippen LogP contribution in [0.15, 0.2) is 0 Å². The second-order valence-corrected chi connectivity index (χ2v) is 2.50. The van der Waals surface area contributed by atoms with Crippen molar-refractivity contribution in [3.63, 3.8) is 0 Å². The molecule has 2 heteroatoms. The Morgan fingerprint density at radius 2 is 1.60 bits per heavy atom. The highest BCUT2D eigenvalue weighted by Crippen LogP contribution is 2.14. The van der Waals surface area contributed by atoms with Gasteiger partial charge in [0.2, 0.25) is 0 Å². The van der Waals surface area contributed by atoms with Crippen LogP contribution in [0.25, 0.3) is 0 Å². The molecule has 0 saturated heterocycles. The van der Waals surface area contributed by atoms with Gasteiger partial charge in [-0.25, -0.2) is 0 Å². The van der Waals surface area contributed by atoms with Crippen molar-refractivity contribution in [3.8, 4) is 0 Å². The molecule has 10 heavy (non-hydrogen) atoms. The second kappa shape index (κ2) is 6.97. The van der Waals surface area contributed by atoms with E-state index in [9.17, 15) is 8.78 Å². The summed E-state index contributed by atoms with van der Waals surface area (Å²) in [6.45, 7) is 2.11. The standard InChI is InChI=1S/C8H15F2/c1-2-3-4-5-6-7-8(9)10/h2-7H2,1H3. The fourth-order valence-electron chi connectivity index (χ4n) is 0.862. The van der Waals surface area contributed by atoms with Crippen molar-refractivity contribution in [2.75, 3.05) is 0 Å². The first-order valence-corrected chi connectivity index (χ1v) is 3.94. The highest BCUT2D eigenvalue weighted by atomic mass is 19.3. The first-order valence-electron chi connectivity index (χ1n) is 3.94. The lowest BCUT2D eigenvalue weighted by molar-refractivity contribution is 0.264. The van der Waals surface area contributed by atoms with E-state index in [4.69, 9.17) is 0 Å². The molecule has 0 aliphatic rings. The molecule has 61 valence electrons. The Morgan fingerprint density at radius 3 is 2.10 bits per heavy atom. The van der Waals surface area contributed by atoms with Gasteiger partial charge in [0.15, 0.2) is 0 Å². The smallest absolute Gasteiger partial charge is 0.200 e. The van der Waals surface area contributed by atoms with Gasteiger partial charge in [-0.3, -0.25) is 0 Å². The fraction of sp³-hybridized carbons (Fsp3) is 0.875. The van der Waals surface area contributed by atoms with Gasteiger partial charge in [0.05, 0.1) is 0 Å². The molecular weight excluding hydrogens is 134 g/mol. The molecule has 0 aromatic carbocycles. The number of rotatable bonds is 6. The fourth-order valence-corrected chi connectivity index (χ4v) is 0.862. The average Bonchev–Trinajstić information content (AvgIpc) is 1.87. The third kappa shape index (κ3) is 7.86. The van der Waals surface area contributed by atoms with Gasteiger partial charge in [-0.2, -0.15) is 8.78 Å². The summed E-state index contributed by atoms with van der Waals surface area (Å²) in [6, 6.07) is 0. The molecule has 0 aliphatic heterocycles. The van der Waals surface area contributed by atoms with Gasteiger partial charge < -0.3 is 0 Å². The summed E-state index contributed by atoms with van der Waals surface area (Å²) in [5, 5.41) is 0. The summed E-state index contributed by atoms with van der Waals surface area (Å²) in [6.07, 6.45) is 3.63. The molecule has 0 aromatic heterocycles. The van der Waals surface area contributed by atoms with Crippen LogP contribution in [0, 0.1) is 6.43 Å². The van der Waals surface area contributed by atoms with Gasteiger partial charge in [-0.1, -0.05) is 32.6 Å². The van der Waals surface area contributed by atoms with E-state index in [1.165, 1.54) is 12.8 Å². The Labute approximate surface area is 61.6 Å². The number of hydrogen-bond acceptors (Lipinski definition) is 0. The lowest BCUT2D eigenvalue weighted by atomic mass is 10.1. The Balaban J connectivity index is 2.77. The van der Waals surface area contributed by atoms with E-state index in [0.717, 1.165) is 12.8 Å². The van der Waals surface area contributed by atoms with Crippen LogP contribution in [0.2, 0.25) is 0 Å². The van der Waals surface area contributed by atoms with Gasteiger partial charge in [0, 0.05) is 6.42 Å². The van der Waals surface area contributed by atoms with E-state index in [1.54, 1.807) is 0 Å². The molecule has 0 amide bonds. The van der Waals surface area contributed by atoms with Crippen molar-refractivity contribution in [2.45, 2.75) is 45.4 Å². The van der Waals surface area contributed by atoms with Crippen molar-refractivity contribution in [3.05, 3.63) is 6.43 Å². The van der Waals surface area contributed by atoms with Crippen LogP contribution in [-0.2, 0) is 0 Å². The molecule has 0 aliphatic carbocycles. The van der Waals surface area contributed by atoms with Crippen molar-refractivity contribution >= 4 is 0 Å². The van der Waals surface area contributed by atoms with Crippen LogP contribution < -0.4 is 0 Å². The zero-order chi connectivity index (χ0) is 7.82. The molecule has 0 N–H and O–H groups in total. The highest BCUT2D eigenvalue weighted by molar-refractivity contribution is 4.58. The second-order valence-electron chi connectivity index (χ2n) is 2.50. The molecule has 0 aromatic rings. The SMILES string of the molecule is CCCCCCC[C](F)F. The molecule has 0 nitrogen and oxygen atoms in total. The first-order chi connectivity index (χ1) is 4.77. The van der Waals surface area contributed by atoms with Crippen LogP contribution in [0.3, 0.4) is 0 Å². The maximum Gasteiger partial charge on any atom is 0.310 e. The molecule has 0 saturated carbocycles. The third-order valence-corrected chi connectivity index (χ3v) is 1.47.